The molecule has 2 atom stereocenters. The maximum absolute atomic E-state index is 12.6. The van der Waals surface area contributed by atoms with E-state index in [1.165, 1.54) is 19.6 Å². The molecular weight excluding hydrogens is 416 g/mol. The summed E-state index contributed by atoms with van der Waals surface area (Å²) in [5.74, 6) is -0.534. The van der Waals surface area contributed by atoms with Crippen LogP contribution >= 0.6 is 0 Å². The molecule has 2 rings (SSSR count). The van der Waals surface area contributed by atoms with Crippen molar-refractivity contribution in [1.82, 2.24) is 19.6 Å². The predicted octanol–water partition coefficient (Wildman–Crippen LogP) is 1.39. The number of β-amino-alcohol motifs (C(OH)–C–C–N with tert-alkyl or cyclic N) is 2. The first-order valence-electron chi connectivity index (χ1n) is 11.4. The Morgan fingerprint density at radius 2 is 0.969 bits per heavy atom. The number of hydrogen-bond donors (Lipinski definition) is 2. The van der Waals surface area contributed by atoms with Crippen molar-refractivity contribution < 1.29 is 29.4 Å². The molecule has 0 aliphatic carbocycles. The SMILES string of the molecule is CC(O)CN1C(=O)N(CCCCCCN2C(=O)N(CC(C)O)C(C)(C)C2=O)C(=O)C1(C)C. The molecule has 0 radical (unpaired) electrons. The van der Waals surface area contributed by atoms with Gasteiger partial charge in [-0.3, -0.25) is 19.4 Å². The number of carbonyl (C=O) groups excluding carboxylic acids is 4. The molecule has 32 heavy (non-hydrogen) atoms. The van der Waals surface area contributed by atoms with Gasteiger partial charge in [0.25, 0.3) is 11.8 Å². The minimum atomic E-state index is -0.977. The molecule has 2 unspecified atom stereocenters. The molecule has 0 spiro atoms. The average molecular weight is 455 g/mol. The van der Waals surface area contributed by atoms with Crippen molar-refractivity contribution in [3.05, 3.63) is 0 Å². The van der Waals surface area contributed by atoms with Crippen molar-refractivity contribution in [2.45, 2.75) is 90.5 Å². The highest BCUT2D eigenvalue weighted by Crippen LogP contribution is 2.29. The summed E-state index contributed by atoms with van der Waals surface area (Å²) in [7, 11) is 0. The third-order valence-electron chi connectivity index (χ3n) is 6.22. The van der Waals surface area contributed by atoms with Gasteiger partial charge in [-0.2, -0.15) is 0 Å². The molecule has 0 aromatic carbocycles. The molecule has 0 aromatic rings. The summed E-state index contributed by atoms with van der Waals surface area (Å²) < 4.78 is 0. The summed E-state index contributed by atoms with van der Waals surface area (Å²) in [6.07, 6.45) is 1.29. The number of urea groups is 2. The Morgan fingerprint density at radius 1 is 0.656 bits per heavy atom. The molecular formula is C22H38N4O6. The van der Waals surface area contributed by atoms with Crippen molar-refractivity contribution in [2.24, 2.45) is 0 Å². The van der Waals surface area contributed by atoms with Crippen molar-refractivity contribution in [2.75, 3.05) is 26.2 Å². The minimum absolute atomic E-state index is 0.106. The maximum atomic E-state index is 12.6. The fraction of sp³-hybridized carbons (Fsp3) is 0.818. The highest BCUT2D eigenvalue weighted by atomic mass is 16.3. The lowest BCUT2D eigenvalue weighted by Crippen LogP contribution is -2.47. The van der Waals surface area contributed by atoms with Crippen LogP contribution in [0.3, 0.4) is 0 Å². The molecule has 2 N–H and O–H groups in total. The number of aliphatic hydroxyl groups is 2. The van der Waals surface area contributed by atoms with E-state index in [9.17, 15) is 29.4 Å². The van der Waals surface area contributed by atoms with Crippen molar-refractivity contribution in [3.8, 4) is 0 Å². The first kappa shape index (κ1) is 26.1. The van der Waals surface area contributed by atoms with Gasteiger partial charge in [-0.25, -0.2) is 9.59 Å². The standard InChI is InChI=1S/C22H38N4O6/c1-15(27)13-25-19(31)23(17(29)21(25,3)4)11-9-7-8-10-12-24-18(30)22(5,6)26(20(24)32)14-16(2)28/h15-16,27-28H,7-14H2,1-6H3. The van der Waals surface area contributed by atoms with Crippen LogP contribution in [0.15, 0.2) is 0 Å². The van der Waals surface area contributed by atoms with Gasteiger partial charge in [-0.15, -0.1) is 0 Å². The summed E-state index contributed by atoms with van der Waals surface area (Å²) >= 11 is 0. The quantitative estimate of drug-likeness (QED) is 0.359. The van der Waals surface area contributed by atoms with Crippen molar-refractivity contribution in [3.63, 3.8) is 0 Å². The van der Waals surface area contributed by atoms with Gasteiger partial charge >= 0.3 is 12.1 Å². The van der Waals surface area contributed by atoms with Crippen LogP contribution in [0, 0.1) is 0 Å². The Labute approximate surface area is 190 Å². The Kier molecular flexibility index (Phi) is 7.93. The van der Waals surface area contributed by atoms with Gasteiger partial charge in [0.2, 0.25) is 0 Å². The lowest BCUT2D eigenvalue weighted by Gasteiger charge is -2.28. The first-order valence-corrected chi connectivity index (χ1v) is 11.4. The Morgan fingerprint density at radius 3 is 1.25 bits per heavy atom. The van der Waals surface area contributed by atoms with Gasteiger partial charge in [0, 0.05) is 26.2 Å². The predicted molar refractivity (Wildman–Crippen MR) is 118 cm³/mol. The third kappa shape index (κ3) is 5.06. The zero-order valence-electron chi connectivity index (χ0n) is 20.1. The smallest absolute Gasteiger partial charge is 0.327 e. The highest BCUT2D eigenvalue weighted by Gasteiger charge is 2.52. The zero-order valence-corrected chi connectivity index (χ0v) is 20.1. The van der Waals surface area contributed by atoms with Crippen LogP contribution in [0.4, 0.5) is 9.59 Å². The first-order chi connectivity index (χ1) is 14.7. The largest absolute Gasteiger partial charge is 0.392 e. The number of unbranched alkanes of at least 4 members (excludes halogenated alkanes) is 3. The van der Waals surface area contributed by atoms with E-state index in [-0.39, 0.29) is 37.0 Å². The van der Waals surface area contributed by atoms with Crippen molar-refractivity contribution in [1.29, 1.82) is 0 Å². The van der Waals surface area contributed by atoms with Crippen LogP contribution in [0.2, 0.25) is 0 Å². The summed E-state index contributed by atoms with van der Waals surface area (Å²) in [5, 5.41) is 19.3. The number of rotatable bonds is 11. The molecule has 6 amide bonds. The van der Waals surface area contributed by atoms with E-state index >= 15 is 0 Å². The lowest BCUT2D eigenvalue weighted by molar-refractivity contribution is -0.132. The van der Waals surface area contributed by atoms with Gasteiger partial charge in [-0.05, 0) is 54.4 Å². The molecule has 182 valence electrons. The van der Waals surface area contributed by atoms with Crippen LogP contribution < -0.4 is 0 Å². The number of carbonyl (C=O) groups is 4. The second-order valence-corrected chi connectivity index (χ2v) is 9.93. The zero-order chi connectivity index (χ0) is 24.4. The van der Waals surface area contributed by atoms with Crippen LogP contribution in [0.5, 0.6) is 0 Å². The van der Waals surface area contributed by atoms with E-state index in [2.05, 4.69) is 0 Å². The van der Waals surface area contributed by atoms with E-state index in [0.717, 1.165) is 12.8 Å². The van der Waals surface area contributed by atoms with Gasteiger partial charge < -0.3 is 20.0 Å². The molecule has 2 heterocycles. The second-order valence-electron chi connectivity index (χ2n) is 9.93. The van der Waals surface area contributed by atoms with Gasteiger partial charge in [-0.1, -0.05) is 12.8 Å². The number of nitrogens with zero attached hydrogens (tertiary/aromatic N) is 4. The molecule has 0 saturated carbocycles. The Balaban J connectivity index is 1.80. The average Bonchev–Trinajstić information content (AvgIpc) is 2.93. The molecule has 2 saturated heterocycles. The van der Waals surface area contributed by atoms with Gasteiger partial charge in [0.05, 0.1) is 12.2 Å². The van der Waals surface area contributed by atoms with Crippen LogP contribution in [0.25, 0.3) is 0 Å². The summed E-state index contributed by atoms with van der Waals surface area (Å²) in [6.45, 7) is 10.7. The summed E-state index contributed by atoms with van der Waals surface area (Å²) in [4.78, 5) is 55.8. The molecule has 10 heteroatoms. The number of imide groups is 2. The molecule has 2 fully saturated rings. The Hall–Kier alpha value is -2.20. The second kappa shape index (κ2) is 9.74. The highest BCUT2D eigenvalue weighted by molar-refractivity contribution is 6.07. The molecule has 0 bridgehead atoms. The topological polar surface area (TPSA) is 122 Å². The fourth-order valence-electron chi connectivity index (χ4n) is 4.26. The maximum Gasteiger partial charge on any atom is 0.327 e. The van der Waals surface area contributed by atoms with Crippen molar-refractivity contribution >= 4 is 23.9 Å². The van der Waals surface area contributed by atoms with Crippen LogP contribution in [-0.4, -0.2) is 103 Å². The van der Waals surface area contributed by atoms with E-state index in [1.54, 1.807) is 41.5 Å². The number of hydrogen-bond acceptors (Lipinski definition) is 6. The molecule has 2 aliphatic rings. The fourth-order valence-corrected chi connectivity index (χ4v) is 4.26. The normalized spacial score (nSPS) is 22.4. The van der Waals surface area contributed by atoms with Gasteiger partial charge in [0.15, 0.2) is 0 Å². The van der Waals surface area contributed by atoms with Crippen LogP contribution in [0.1, 0.15) is 67.2 Å². The number of aliphatic hydroxyl groups excluding tert-OH is 2. The lowest BCUT2D eigenvalue weighted by atomic mass is 10.0. The van der Waals surface area contributed by atoms with Crippen LogP contribution in [-0.2, 0) is 9.59 Å². The van der Waals surface area contributed by atoms with E-state index in [1.807, 2.05) is 0 Å². The molecule has 2 aliphatic heterocycles. The van der Waals surface area contributed by atoms with E-state index in [4.69, 9.17) is 0 Å². The number of amides is 6. The summed E-state index contributed by atoms with van der Waals surface area (Å²) in [5.41, 5.74) is -1.95. The van der Waals surface area contributed by atoms with Gasteiger partial charge in [0.1, 0.15) is 11.1 Å². The van der Waals surface area contributed by atoms with E-state index in [0.29, 0.717) is 25.9 Å². The summed E-state index contributed by atoms with van der Waals surface area (Å²) in [6, 6.07) is -0.760. The third-order valence-corrected chi connectivity index (χ3v) is 6.22. The monoisotopic (exact) mass is 454 g/mol. The minimum Gasteiger partial charge on any atom is -0.392 e. The molecule has 10 nitrogen and oxygen atoms in total. The molecule has 0 aromatic heterocycles. The Bertz CT molecular complexity index is 687. The van der Waals surface area contributed by atoms with E-state index < -0.39 is 23.3 Å².